The minimum Gasteiger partial charge on any atom is -0.356 e. The van der Waals surface area contributed by atoms with Gasteiger partial charge in [-0.25, -0.2) is 9.37 Å². The van der Waals surface area contributed by atoms with Crippen molar-refractivity contribution in [1.29, 1.82) is 0 Å². The van der Waals surface area contributed by atoms with Crippen LogP contribution in [-0.4, -0.2) is 27.7 Å². The van der Waals surface area contributed by atoms with Crippen LogP contribution in [-0.2, 0) is 6.42 Å². The molecule has 5 rings (SSSR count). The van der Waals surface area contributed by atoms with E-state index in [1.54, 1.807) is 12.1 Å². The maximum Gasteiger partial charge on any atom is 0.165 e. The molecule has 2 aromatic heterocycles. The van der Waals surface area contributed by atoms with E-state index < -0.39 is 0 Å². The highest BCUT2D eigenvalue weighted by Crippen LogP contribution is 2.30. The fourth-order valence-corrected chi connectivity index (χ4v) is 4.44. The number of hydrogen-bond donors (Lipinski definition) is 0. The first kappa shape index (κ1) is 18.8. The van der Waals surface area contributed by atoms with Crippen molar-refractivity contribution in [2.24, 2.45) is 5.92 Å². The van der Waals surface area contributed by atoms with Crippen molar-refractivity contribution in [2.45, 2.75) is 26.2 Å². The van der Waals surface area contributed by atoms with E-state index in [-0.39, 0.29) is 5.82 Å². The molecule has 30 heavy (non-hydrogen) atoms. The summed E-state index contributed by atoms with van der Waals surface area (Å²) >= 11 is 0. The molecule has 0 saturated carbocycles. The number of aromatic nitrogens is 3. The van der Waals surface area contributed by atoms with Crippen molar-refractivity contribution in [2.75, 3.05) is 18.0 Å². The third-order valence-corrected chi connectivity index (χ3v) is 6.04. The normalized spacial score (nSPS) is 15.1. The van der Waals surface area contributed by atoms with Gasteiger partial charge in [0.15, 0.2) is 5.65 Å². The van der Waals surface area contributed by atoms with E-state index in [2.05, 4.69) is 46.4 Å². The minimum atomic E-state index is -0.238. The largest absolute Gasteiger partial charge is 0.356 e. The number of halogens is 1. The van der Waals surface area contributed by atoms with Gasteiger partial charge in [0.25, 0.3) is 0 Å². The average molecular weight is 401 g/mol. The Hall–Kier alpha value is -3.21. The Morgan fingerprint density at radius 2 is 1.73 bits per heavy atom. The molecule has 1 saturated heterocycles. The Labute approximate surface area is 176 Å². The molecule has 0 aliphatic carbocycles. The fraction of sp³-hybridized carbons (Fsp3) is 0.280. The lowest BCUT2D eigenvalue weighted by Gasteiger charge is -2.33. The van der Waals surface area contributed by atoms with E-state index in [1.165, 1.54) is 30.5 Å². The predicted octanol–water partition coefficient (Wildman–Crippen LogP) is 5.30. The van der Waals surface area contributed by atoms with Crippen molar-refractivity contribution in [3.8, 4) is 11.1 Å². The summed E-state index contributed by atoms with van der Waals surface area (Å²) in [5.41, 5.74) is 5.07. The molecule has 0 bridgehead atoms. The molecule has 0 radical (unpaired) electrons. The molecule has 1 fully saturated rings. The Balaban J connectivity index is 1.39. The fourth-order valence-electron chi connectivity index (χ4n) is 4.44. The molecule has 1 aliphatic heterocycles. The van der Waals surface area contributed by atoms with Gasteiger partial charge in [-0.05, 0) is 55.4 Å². The first-order chi connectivity index (χ1) is 14.7. The molecule has 4 aromatic rings. The van der Waals surface area contributed by atoms with Gasteiger partial charge in [-0.1, -0.05) is 42.5 Å². The van der Waals surface area contributed by atoms with Gasteiger partial charge in [-0.3, -0.25) is 0 Å². The monoisotopic (exact) mass is 400 g/mol. The standard InChI is InChI=1S/C25H25FN4/c1-18-15-24(29-13-11-20(12-14-29)16-19-5-3-2-4-6-19)30-25(28-18)23(17-27-30)21-7-9-22(26)10-8-21/h2-10,15,17,20H,11-14,16H2,1H3. The molecule has 0 spiro atoms. The topological polar surface area (TPSA) is 33.4 Å². The summed E-state index contributed by atoms with van der Waals surface area (Å²) in [5, 5.41) is 4.64. The van der Waals surface area contributed by atoms with E-state index in [0.29, 0.717) is 0 Å². The Morgan fingerprint density at radius 3 is 2.47 bits per heavy atom. The molecule has 2 aromatic carbocycles. The van der Waals surface area contributed by atoms with E-state index in [4.69, 9.17) is 4.98 Å². The lowest BCUT2D eigenvalue weighted by atomic mass is 9.90. The molecule has 1 aliphatic rings. The van der Waals surface area contributed by atoms with Gasteiger partial charge < -0.3 is 4.90 Å². The third-order valence-electron chi connectivity index (χ3n) is 6.04. The summed E-state index contributed by atoms with van der Waals surface area (Å²) in [7, 11) is 0. The first-order valence-corrected chi connectivity index (χ1v) is 10.6. The number of anilines is 1. The van der Waals surface area contributed by atoms with Crippen molar-refractivity contribution in [1.82, 2.24) is 14.6 Å². The van der Waals surface area contributed by atoms with Crippen molar-refractivity contribution >= 4 is 11.5 Å². The van der Waals surface area contributed by atoms with Crippen LogP contribution in [0.5, 0.6) is 0 Å². The number of rotatable bonds is 4. The van der Waals surface area contributed by atoms with E-state index in [1.807, 2.05) is 17.6 Å². The number of aryl methyl sites for hydroxylation is 1. The molecular formula is C25H25FN4. The van der Waals surface area contributed by atoms with E-state index in [9.17, 15) is 4.39 Å². The summed E-state index contributed by atoms with van der Waals surface area (Å²) in [4.78, 5) is 7.16. The minimum absolute atomic E-state index is 0.238. The average Bonchev–Trinajstić information content (AvgIpc) is 3.19. The number of hydrogen-bond acceptors (Lipinski definition) is 3. The molecule has 0 N–H and O–H groups in total. The summed E-state index contributed by atoms with van der Waals surface area (Å²) in [5.74, 6) is 1.57. The molecule has 5 heteroatoms. The highest BCUT2D eigenvalue weighted by atomic mass is 19.1. The highest BCUT2D eigenvalue weighted by molar-refractivity contribution is 5.78. The van der Waals surface area contributed by atoms with Gasteiger partial charge in [-0.2, -0.15) is 9.61 Å². The maximum absolute atomic E-state index is 13.3. The molecule has 0 unspecified atom stereocenters. The van der Waals surface area contributed by atoms with Crippen LogP contribution in [0.25, 0.3) is 16.8 Å². The molecular weight excluding hydrogens is 375 g/mol. The maximum atomic E-state index is 13.3. The van der Waals surface area contributed by atoms with Gasteiger partial charge in [0.05, 0.1) is 6.20 Å². The first-order valence-electron chi connectivity index (χ1n) is 10.6. The Morgan fingerprint density at radius 1 is 1.00 bits per heavy atom. The third kappa shape index (κ3) is 3.67. The zero-order valence-electron chi connectivity index (χ0n) is 17.1. The quantitative estimate of drug-likeness (QED) is 0.466. The smallest absolute Gasteiger partial charge is 0.165 e. The van der Waals surface area contributed by atoms with Crippen molar-refractivity contribution in [3.63, 3.8) is 0 Å². The van der Waals surface area contributed by atoms with Crippen LogP contribution in [0.2, 0.25) is 0 Å². The van der Waals surface area contributed by atoms with Crippen molar-refractivity contribution in [3.05, 3.63) is 83.9 Å². The van der Waals surface area contributed by atoms with Crippen LogP contribution in [0, 0.1) is 18.7 Å². The molecule has 0 amide bonds. The van der Waals surface area contributed by atoms with Crippen LogP contribution in [0.1, 0.15) is 24.1 Å². The molecule has 0 atom stereocenters. The highest BCUT2D eigenvalue weighted by Gasteiger charge is 2.23. The van der Waals surface area contributed by atoms with Crippen LogP contribution in [0.15, 0.2) is 66.9 Å². The second-order valence-electron chi connectivity index (χ2n) is 8.18. The van der Waals surface area contributed by atoms with Crippen LogP contribution in [0.3, 0.4) is 0 Å². The summed E-state index contributed by atoms with van der Waals surface area (Å²) in [6.07, 6.45) is 5.32. The SMILES string of the molecule is Cc1cc(N2CCC(Cc3ccccc3)CC2)n2ncc(-c3ccc(F)cc3)c2n1. The molecule has 3 heterocycles. The lowest BCUT2D eigenvalue weighted by Crippen LogP contribution is -2.35. The Kier molecular flexibility index (Phi) is 4.95. The van der Waals surface area contributed by atoms with Gasteiger partial charge in [-0.15, -0.1) is 0 Å². The molecule has 4 nitrogen and oxygen atoms in total. The zero-order chi connectivity index (χ0) is 20.5. The summed E-state index contributed by atoms with van der Waals surface area (Å²) in [6.45, 7) is 4.05. The van der Waals surface area contributed by atoms with Crippen LogP contribution < -0.4 is 4.90 Å². The molecule has 152 valence electrons. The predicted molar refractivity (Wildman–Crippen MR) is 118 cm³/mol. The zero-order valence-corrected chi connectivity index (χ0v) is 17.1. The van der Waals surface area contributed by atoms with Crippen LogP contribution in [0.4, 0.5) is 10.2 Å². The number of nitrogens with zero attached hydrogens (tertiary/aromatic N) is 4. The Bertz CT molecular complexity index is 1140. The lowest BCUT2D eigenvalue weighted by molar-refractivity contribution is 0.401. The van der Waals surface area contributed by atoms with Gasteiger partial charge in [0.2, 0.25) is 0 Å². The second-order valence-corrected chi connectivity index (χ2v) is 8.18. The van der Waals surface area contributed by atoms with Gasteiger partial charge >= 0.3 is 0 Å². The number of benzene rings is 2. The number of piperidine rings is 1. The second kappa shape index (κ2) is 7.90. The van der Waals surface area contributed by atoms with Crippen molar-refractivity contribution < 1.29 is 4.39 Å². The van der Waals surface area contributed by atoms with E-state index in [0.717, 1.165) is 53.7 Å². The summed E-state index contributed by atoms with van der Waals surface area (Å²) < 4.78 is 15.3. The van der Waals surface area contributed by atoms with Crippen LogP contribution >= 0.6 is 0 Å². The van der Waals surface area contributed by atoms with E-state index >= 15 is 0 Å². The van der Waals surface area contributed by atoms with Gasteiger partial charge in [0.1, 0.15) is 11.6 Å². The number of fused-ring (bicyclic) bond motifs is 1. The van der Waals surface area contributed by atoms with Gasteiger partial charge in [0, 0.05) is 30.4 Å². The summed E-state index contributed by atoms with van der Waals surface area (Å²) in [6, 6.07) is 19.4.